The lowest BCUT2D eigenvalue weighted by Crippen LogP contribution is -2.09. The highest BCUT2D eigenvalue weighted by Gasteiger charge is 2.33. The fraction of sp³-hybridized carbons (Fsp3) is 0.200. The van der Waals surface area contributed by atoms with Gasteiger partial charge in [0, 0.05) is 6.04 Å². The third-order valence-corrected chi connectivity index (χ3v) is 2.25. The molecule has 1 nitrogen and oxygen atoms in total. The zero-order chi connectivity index (χ0) is 11.6. The average Bonchev–Trinajstić information content (AvgIpc) is 2.14. The summed E-state index contributed by atoms with van der Waals surface area (Å²) in [4.78, 5) is 0. The molecule has 1 aromatic carbocycles. The minimum Gasteiger partial charge on any atom is -0.321 e. The summed E-state index contributed by atoms with van der Waals surface area (Å²) in [6, 6.07) is 2.91. The van der Waals surface area contributed by atoms with E-state index in [1.54, 1.807) is 0 Å². The van der Waals surface area contributed by atoms with Crippen molar-refractivity contribution >= 4 is 11.6 Å². The largest absolute Gasteiger partial charge is 0.417 e. The van der Waals surface area contributed by atoms with Crippen LogP contribution in [-0.2, 0) is 6.18 Å². The van der Waals surface area contributed by atoms with E-state index in [0.717, 1.165) is 6.07 Å². The fourth-order valence-electron chi connectivity index (χ4n) is 1.10. The van der Waals surface area contributed by atoms with Crippen molar-refractivity contribution in [2.24, 2.45) is 5.73 Å². The van der Waals surface area contributed by atoms with Crippen molar-refractivity contribution in [3.63, 3.8) is 0 Å². The minimum absolute atomic E-state index is 0.350. The van der Waals surface area contributed by atoms with Crippen molar-refractivity contribution in [3.8, 4) is 0 Å². The van der Waals surface area contributed by atoms with E-state index in [9.17, 15) is 13.2 Å². The molecule has 0 heterocycles. The zero-order valence-electron chi connectivity index (χ0n) is 7.68. The first-order valence-electron chi connectivity index (χ1n) is 4.11. The van der Waals surface area contributed by atoms with Gasteiger partial charge in [-0.15, -0.1) is 6.58 Å². The Balaban J connectivity index is 3.14. The molecule has 0 unspecified atom stereocenters. The number of nitrogens with two attached hydrogens (primary N) is 1. The van der Waals surface area contributed by atoms with E-state index >= 15 is 0 Å². The number of hydrogen-bond donors (Lipinski definition) is 1. The van der Waals surface area contributed by atoms with Gasteiger partial charge in [-0.25, -0.2) is 0 Å². The number of alkyl halides is 3. The summed E-state index contributed by atoms with van der Waals surface area (Å²) in [5.74, 6) is 0. The van der Waals surface area contributed by atoms with Gasteiger partial charge in [-0.2, -0.15) is 13.2 Å². The molecule has 0 aromatic heterocycles. The zero-order valence-corrected chi connectivity index (χ0v) is 8.44. The Labute approximate surface area is 90.3 Å². The molecular weight excluding hydrogens is 227 g/mol. The highest BCUT2D eigenvalue weighted by atomic mass is 35.5. The lowest BCUT2D eigenvalue weighted by Gasteiger charge is -2.12. The van der Waals surface area contributed by atoms with Gasteiger partial charge in [0.15, 0.2) is 0 Å². The number of hydrogen-bond acceptors (Lipinski definition) is 1. The Kier molecular flexibility index (Phi) is 3.42. The minimum atomic E-state index is -4.44. The molecule has 2 N–H and O–H groups in total. The van der Waals surface area contributed by atoms with Crippen molar-refractivity contribution in [3.05, 3.63) is 47.0 Å². The van der Waals surface area contributed by atoms with Crippen molar-refractivity contribution in [1.82, 2.24) is 0 Å². The van der Waals surface area contributed by atoms with Crippen LogP contribution in [0.25, 0.3) is 0 Å². The predicted molar refractivity (Wildman–Crippen MR) is 53.6 cm³/mol. The lowest BCUT2D eigenvalue weighted by atomic mass is 10.1. The maximum atomic E-state index is 12.3. The second-order valence-electron chi connectivity index (χ2n) is 3.00. The summed E-state index contributed by atoms with van der Waals surface area (Å²) in [6.07, 6.45) is -3.01. The van der Waals surface area contributed by atoms with E-state index in [1.165, 1.54) is 18.2 Å². The van der Waals surface area contributed by atoms with Crippen LogP contribution in [0, 0.1) is 0 Å². The highest BCUT2D eigenvalue weighted by Crippen LogP contribution is 2.35. The van der Waals surface area contributed by atoms with Gasteiger partial charge < -0.3 is 5.73 Å². The number of rotatable bonds is 2. The molecular formula is C10H9ClF3N. The molecule has 0 spiro atoms. The molecule has 0 aliphatic carbocycles. The van der Waals surface area contributed by atoms with Crippen LogP contribution in [0.4, 0.5) is 13.2 Å². The fourth-order valence-corrected chi connectivity index (χ4v) is 1.40. The summed E-state index contributed by atoms with van der Waals surface area (Å²) >= 11 is 5.51. The molecule has 5 heteroatoms. The Morgan fingerprint density at radius 3 is 2.40 bits per heavy atom. The second-order valence-corrected chi connectivity index (χ2v) is 3.41. The Hall–Kier alpha value is -1.00. The van der Waals surface area contributed by atoms with Gasteiger partial charge in [0.05, 0.1) is 10.6 Å². The van der Waals surface area contributed by atoms with Crippen LogP contribution in [0.2, 0.25) is 5.02 Å². The van der Waals surface area contributed by atoms with E-state index in [0.29, 0.717) is 5.56 Å². The summed E-state index contributed by atoms with van der Waals surface area (Å²) < 4.78 is 37.0. The summed E-state index contributed by atoms with van der Waals surface area (Å²) in [7, 11) is 0. The smallest absolute Gasteiger partial charge is 0.321 e. The van der Waals surface area contributed by atoms with E-state index in [4.69, 9.17) is 17.3 Å². The molecule has 0 saturated heterocycles. The average molecular weight is 236 g/mol. The predicted octanol–water partition coefficient (Wildman–Crippen LogP) is 3.54. The molecule has 1 atom stereocenters. The van der Waals surface area contributed by atoms with Gasteiger partial charge >= 0.3 is 6.18 Å². The summed E-state index contributed by atoms with van der Waals surface area (Å²) in [6.45, 7) is 3.45. The quantitative estimate of drug-likeness (QED) is 0.780. The van der Waals surface area contributed by atoms with E-state index in [2.05, 4.69) is 6.58 Å². The molecule has 0 fully saturated rings. The maximum absolute atomic E-state index is 12.3. The van der Waals surface area contributed by atoms with Crippen LogP contribution in [0.1, 0.15) is 17.2 Å². The number of benzene rings is 1. The van der Waals surface area contributed by atoms with E-state index < -0.39 is 17.8 Å². The standard InChI is InChI=1S/C10H9ClF3N/c1-2-9(15)6-3-4-7(8(11)5-6)10(12,13)14/h2-5,9H,1,15H2/t9-/m1/s1. The molecule has 0 saturated carbocycles. The maximum Gasteiger partial charge on any atom is 0.417 e. The van der Waals surface area contributed by atoms with Gasteiger partial charge in [0.2, 0.25) is 0 Å². The monoisotopic (exact) mass is 235 g/mol. The van der Waals surface area contributed by atoms with Crippen molar-refractivity contribution in [2.75, 3.05) is 0 Å². The van der Waals surface area contributed by atoms with E-state index in [1.807, 2.05) is 0 Å². The SMILES string of the molecule is C=C[C@@H](N)c1ccc(C(F)(F)F)c(Cl)c1. The normalized spacial score (nSPS) is 13.7. The van der Waals surface area contributed by atoms with Gasteiger partial charge in [0.1, 0.15) is 0 Å². The number of halogens is 4. The second kappa shape index (κ2) is 4.24. The molecule has 0 amide bonds. The van der Waals surface area contributed by atoms with Crippen LogP contribution < -0.4 is 5.73 Å². The molecule has 0 aliphatic heterocycles. The molecule has 1 rings (SSSR count). The van der Waals surface area contributed by atoms with Crippen LogP contribution in [-0.4, -0.2) is 0 Å². The molecule has 0 aliphatic rings. The van der Waals surface area contributed by atoms with Crippen molar-refractivity contribution in [2.45, 2.75) is 12.2 Å². The van der Waals surface area contributed by atoms with Crippen molar-refractivity contribution < 1.29 is 13.2 Å². The van der Waals surface area contributed by atoms with Crippen molar-refractivity contribution in [1.29, 1.82) is 0 Å². The van der Waals surface area contributed by atoms with Gasteiger partial charge in [-0.3, -0.25) is 0 Å². The lowest BCUT2D eigenvalue weighted by molar-refractivity contribution is -0.137. The van der Waals surface area contributed by atoms with Gasteiger partial charge in [0.25, 0.3) is 0 Å². The summed E-state index contributed by atoms with van der Waals surface area (Å²) in [5.41, 5.74) is 5.21. The van der Waals surface area contributed by atoms with Crippen LogP contribution in [0.3, 0.4) is 0 Å². The first-order chi connectivity index (χ1) is 6.86. The Bertz CT molecular complexity index is 373. The molecule has 82 valence electrons. The summed E-state index contributed by atoms with van der Waals surface area (Å²) in [5, 5.41) is -0.350. The van der Waals surface area contributed by atoms with Crippen LogP contribution >= 0.6 is 11.6 Å². The molecule has 0 radical (unpaired) electrons. The van der Waals surface area contributed by atoms with Gasteiger partial charge in [-0.1, -0.05) is 23.7 Å². The van der Waals surface area contributed by atoms with Crippen LogP contribution in [0.5, 0.6) is 0 Å². The Morgan fingerprint density at radius 1 is 1.40 bits per heavy atom. The molecule has 0 bridgehead atoms. The van der Waals surface area contributed by atoms with Gasteiger partial charge in [-0.05, 0) is 17.7 Å². The highest BCUT2D eigenvalue weighted by molar-refractivity contribution is 6.31. The van der Waals surface area contributed by atoms with Crippen LogP contribution in [0.15, 0.2) is 30.9 Å². The molecule has 1 aromatic rings. The van der Waals surface area contributed by atoms with E-state index in [-0.39, 0.29) is 5.02 Å². The molecule has 15 heavy (non-hydrogen) atoms. The topological polar surface area (TPSA) is 26.0 Å². The first kappa shape index (κ1) is 12.1. The first-order valence-corrected chi connectivity index (χ1v) is 4.49. The Morgan fingerprint density at radius 2 is 2.00 bits per heavy atom. The third kappa shape index (κ3) is 2.73. The third-order valence-electron chi connectivity index (χ3n) is 1.94.